The van der Waals surface area contributed by atoms with E-state index in [1.54, 1.807) is 13.0 Å². The first-order chi connectivity index (χ1) is 8.11. The molecule has 0 saturated heterocycles. The van der Waals surface area contributed by atoms with Crippen molar-refractivity contribution in [3.63, 3.8) is 0 Å². The van der Waals surface area contributed by atoms with Crippen molar-refractivity contribution in [3.05, 3.63) is 35.1 Å². The third-order valence-corrected chi connectivity index (χ3v) is 3.43. The van der Waals surface area contributed by atoms with Crippen molar-refractivity contribution in [3.8, 4) is 0 Å². The molecule has 0 spiro atoms. The van der Waals surface area contributed by atoms with E-state index in [9.17, 15) is 9.18 Å². The third kappa shape index (κ3) is 2.48. The Morgan fingerprint density at radius 1 is 1.53 bits per heavy atom. The van der Waals surface area contributed by atoms with E-state index in [4.69, 9.17) is 4.74 Å². The molecule has 0 fully saturated rings. The monoisotopic (exact) mass is 236 g/mol. The molecule has 1 aromatic carbocycles. The van der Waals surface area contributed by atoms with Crippen LogP contribution in [0.3, 0.4) is 0 Å². The van der Waals surface area contributed by atoms with Gasteiger partial charge in [-0.05, 0) is 48.4 Å². The van der Waals surface area contributed by atoms with Gasteiger partial charge in [-0.2, -0.15) is 0 Å². The predicted octanol–water partition coefficient (Wildman–Crippen LogP) is 3.05. The summed E-state index contributed by atoms with van der Waals surface area (Å²) in [5.74, 6) is 0.0455. The van der Waals surface area contributed by atoms with Crippen LogP contribution in [0.5, 0.6) is 0 Å². The molecule has 0 amide bonds. The lowest BCUT2D eigenvalue weighted by atomic mass is 9.91. The second-order valence-electron chi connectivity index (χ2n) is 4.64. The van der Waals surface area contributed by atoms with Crippen molar-refractivity contribution in [2.24, 2.45) is 5.92 Å². The van der Waals surface area contributed by atoms with Crippen LogP contribution in [0.1, 0.15) is 37.3 Å². The lowest BCUT2D eigenvalue weighted by Gasteiger charge is -2.15. The SMILES string of the molecule is CCOC(=O)CC1c2cc(F)ccc2CC1C. The van der Waals surface area contributed by atoms with Crippen molar-refractivity contribution < 1.29 is 13.9 Å². The van der Waals surface area contributed by atoms with E-state index in [0.29, 0.717) is 18.9 Å². The van der Waals surface area contributed by atoms with Gasteiger partial charge in [0.25, 0.3) is 0 Å². The molecule has 0 radical (unpaired) electrons. The standard InChI is InChI=1S/C14H17FO2/c1-3-17-14(16)8-12-9(2)6-10-4-5-11(15)7-13(10)12/h4-5,7,9,12H,3,6,8H2,1-2H3. The molecule has 0 saturated carbocycles. The van der Waals surface area contributed by atoms with E-state index in [1.165, 1.54) is 6.07 Å². The zero-order valence-electron chi connectivity index (χ0n) is 10.2. The maximum Gasteiger partial charge on any atom is 0.306 e. The van der Waals surface area contributed by atoms with Crippen LogP contribution in [-0.2, 0) is 16.0 Å². The number of hydrogen-bond donors (Lipinski definition) is 0. The van der Waals surface area contributed by atoms with Gasteiger partial charge in [-0.3, -0.25) is 4.79 Å². The van der Waals surface area contributed by atoms with Gasteiger partial charge in [-0.25, -0.2) is 4.39 Å². The fraction of sp³-hybridized carbons (Fsp3) is 0.500. The molecule has 2 atom stereocenters. The van der Waals surface area contributed by atoms with Gasteiger partial charge < -0.3 is 4.74 Å². The second-order valence-corrected chi connectivity index (χ2v) is 4.64. The highest BCUT2D eigenvalue weighted by Crippen LogP contribution is 2.40. The summed E-state index contributed by atoms with van der Waals surface area (Å²) >= 11 is 0. The quantitative estimate of drug-likeness (QED) is 0.754. The van der Waals surface area contributed by atoms with Gasteiger partial charge >= 0.3 is 5.97 Å². The second kappa shape index (κ2) is 4.86. The van der Waals surface area contributed by atoms with Crippen LogP contribution in [-0.4, -0.2) is 12.6 Å². The topological polar surface area (TPSA) is 26.3 Å². The number of esters is 1. The minimum atomic E-state index is -0.230. The lowest BCUT2D eigenvalue weighted by molar-refractivity contribution is -0.143. The van der Waals surface area contributed by atoms with Crippen LogP contribution in [0.15, 0.2) is 18.2 Å². The van der Waals surface area contributed by atoms with Gasteiger partial charge in [0, 0.05) is 0 Å². The molecule has 0 bridgehead atoms. The van der Waals surface area contributed by atoms with Crippen LogP contribution < -0.4 is 0 Å². The Balaban J connectivity index is 2.19. The Hall–Kier alpha value is -1.38. The first-order valence-corrected chi connectivity index (χ1v) is 6.05. The Kier molecular flexibility index (Phi) is 3.46. The number of halogens is 1. The summed E-state index contributed by atoms with van der Waals surface area (Å²) in [7, 11) is 0. The van der Waals surface area contributed by atoms with Gasteiger partial charge in [-0.1, -0.05) is 13.0 Å². The van der Waals surface area contributed by atoms with Crippen molar-refractivity contribution >= 4 is 5.97 Å². The molecule has 0 aromatic heterocycles. The molecule has 1 aliphatic carbocycles. The van der Waals surface area contributed by atoms with Gasteiger partial charge in [0.2, 0.25) is 0 Å². The van der Waals surface area contributed by atoms with E-state index in [2.05, 4.69) is 6.92 Å². The first kappa shape index (κ1) is 12.1. The Bertz CT molecular complexity index is 428. The van der Waals surface area contributed by atoms with E-state index in [1.807, 2.05) is 6.07 Å². The van der Waals surface area contributed by atoms with Crippen molar-refractivity contribution in [2.75, 3.05) is 6.61 Å². The summed E-state index contributed by atoms with van der Waals surface area (Å²) in [4.78, 5) is 11.5. The summed E-state index contributed by atoms with van der Waals surface area (Å²) in [6.07, 6.45) is 1.27. The summed E-state index contributed by atoms with van der Waals surface area (Å²) in [6.45, 7) is 4.29. The average molecular weight is 236 g/mol. The molecule has 17 heavy (non-hydrogen) atoms. The number of carbonyl (C=O) groups excluding carboxylic acids is 1. The van der Waals surface area contributed by atoms with Gasteiger partial charge in [-0.15, -0.1) is 0 Å². The lowest BCUT2D eigenvalue weighted by Crippen LogP contribution is -2.13. The fourth-order valence-electron chi connectivity index (χ4n) is 2.60. The zero-order valence-corrected chi connectivity index (χ0v) is 10.2. The molecule has 2 nitrogen and oxygen atoms in total. The van der Waals surface area contributed by atoms with Crippen LogP contribution in [0.2, 0.25) is 0 Å². The normalized spacial score (nSPS) is 22.3. The molecule has 1 aliphatic rings. The van der Waals surface area contributed by atoms with Crippen molar-refractivity contribution in [1.29, 1.82) is 0 Å². The Morgan fingerprint density at radius 3 is 3.00 bits per heavy atom. The molecule has 3 heteroatoms. The van der Waals surface area contributed by atoms with Crippen LogP contribution in [0.4, 0.5) is 4.39 Å². The summed E-state index contributed by atoms with van der Waals surface area (Å²) in [6, 6.07) is 4.87. The van der Waals surface area contributed by atoms with Crippen LogP contribution in [0.25, 0.3) is 0 Å². The predicted molar refractivity (Wildman–Crippen MR) is 63.3 cm³/mol. The summed E-state index contributed by atoms with van der Waals surface area (Å²) in [5, 5.41) is 0. The van der Waals surface area contributed by atoms with E-state index < -0.39 is 0 Å². The minimum absolute atomic E-state index is 0.0970. The largest absolute Gasteiger partial charge is 0.466 e. The zero-order chi connectivity index (χ0) is 12.4. The Labute approximate surface area is 101 Å². The molecule has 2 unspecified atom stereocenters. The number of rotatable bonds is 3. The average Bonchev–Trinajstić information content (AvgIpc) is 2.56. The van der Waals surface area contributed by atoms with Gasteiger partial charge in [0.1, 0.15) is 5.82 Å². The van der Waals surface area contributed by atoms with Gasteiger partial charge in [0.05, 0.1) is 13.0 Å². The number of ether oxygens (including phenoxy) is 1. The maximum atomic E-state index is 13.2. The highest BCUT2D eigenvalue weighted by molar-refractivity contribution is 5.71. The first-order valence-electron chi connectivity index (χ1n) is 6.05. The Morgan fingerprint density at radius 2 is 2.29 bits per heavy atom. The molecule has 2 rings (SSSR count). The maximum absolute atomic E-state index is 13.2. The third-order valence-electron chi connectivity index (χ3n) is 3.43. The summed E-state index contributed by atoms with van der Waals surface area (Å²) < 4.78 is 18.2. The molecule has 92 valence electrons. The summed E-state index contributed by atoms with van der Waals surface area (Å²) in [5.41, 5.74) is 2.14. The molecular weight excluding hydrogens is 219 g/mol. The van der Waals surface area contributed by atoms with Gasteiger partial charge in [0.15, 0.2) is 0 Å². The molecule has 0 N–H and O–H groups in total. The van der Waals surface area contributed by atoms with E-state index >= 15 is 0 Å². The van der Waals surface area contributed by atoms with Crippen molar-refractivity contribution in [1.82, 2.24) is 0 Å². The minimum Gasteiger partial charge on any atom is -0.466 e. The number of hydrogen-bond acceptors (Lipinski definition) is 2. The molecule has 1 aromatic rings. The fourth-order valence-corrected chi connectivity index (χ4v) is 2.60. The highest BCUT2D eigenvalue weighted by atomic mass is 19.1. The van der Waals surface area contributed by atoms with Crippen molar-refractivity contribution in [2.45, 2.75) is 32.6 Å². The van der Waals surface area contributed by atoms with E-state index in [-0.39, 0.29) is 17.7 Å². The number of fused-ring (bicyclic) bond motifs is 1. The molecule has 0 heterocycles. The highest BCUT2D eigenvalue weighted by Gasteiger charge is 2.31. The number of carbonyl (C=O) groups is 1. The smallest absolute Gasteiger partial charge is 0.306 e. The molecule has 0 aliphatic heterocycles. The van der Waals surface area contributed by atoms with E-state index in [0.717, 1.165) is 17.5 Å². The van der Waals surface area contributed by atoms with Crippen LogP contribution >= 0.6 is 0 Å². The number of benzene rings is 1. The molecular formula is C14H17FO2. The van der Waals surface area contributed by atoms with Crippen LogP contribution in [0, 0.1) is 11.7 Å².